The lowest BCUT2D eigenvalue weighted by molar-refractivity contribution is -0.123. The molecular weight excluding hydrogens is 370 g/mol. The number of thiophene rings is 1. The number of hydrogen-bond acceptors (Lipinski definition) is 6. The van der Waals surface area contributed by atoms with E-state index in [0.29, 0.717) is 10.6 Å². The molecule has 25 heavy (non-hydrogen) atoms. The summed E-state index contributed by atoms with van der Waals surface area (Å²) in [4.78, 5) is 24.3. The maximum atomic E-state index is 12.6. The van der Waals surface area contributed by atoms with E-state index in [1.165, 1.54) is 31.2 Å². The number of nitriles is 1. The van der Waals surface area contributed by atoms with Crippen molar-refractivity contribution in [3.8, 4) is 6.07 Å². The number of rotatable bonds is 6. The molecule has 1 atom stereocenters. The molecule has 9 heteroatoms. The summed E-state index contributed by atoms with van der Waals surface area (Å²) in [5, 5.41) is 13.4. The number of thioether (sulfide) groups is 1. The van der Waals surface area contributed by atoms with Crippen LogP contribution in [0.1, 0.15) is 22.8 Å². The first-order chi connectivity index (χ1) is 11.9. The first kappa shape index (κ1) is 18.9. The molecule has 0 spiro atoms. The van der Waals surface area contributed by atoms with Crippen LogP contribution in [0.4, 0.5) is 13.8 Å². The van der Waals surface area contributed by atoms with Gasteiger partial charge in [0.2, 0.25) is 0 Å². The minimum Gasteiger partial charge on any atom is -0.449 e. The highest BCUT2D eigenvalue weighted by molar-refractivity contribution is 7.99. The topological polar surface area (TPSA) is 79.2 Å². The molecule has 1 aromatic carbocycles. The molecule has 0 aliphatic carbocycles. The summed E-state index contributed by atoms with van der Waals surface area (Å²) < 4.78 is 30.2. The van der Waals surface area contributed by atoms with Gasteiger partial charge in [0.05, 0.1) is 11.1 Å². The summed E-state index contributed by atoms with van der Waals surface area (Å²) in [6, 6.07) is 9.25. The number of esters is 1. The van der Waals surface area contributed by atoms with Crippen molar-refractivity contribution in [2.24, 2.45) is 0 Å². The highest BCUT2D eigenvalue weighted by Crippen LogP contribution is 2.29. The minimum atomic E-state index is -2.68. The van der Waals surface area contributed by atoms with Crippen molar-refractivity contribution in [3.05, 3.63) is 46.8 Å². The van der Waals surface area contributed by atoms with E-state index in [9.17, 15) is 18.4 Å². The normalized spacial score (nSPS) is 11.6. The van der Waals surface area contributed by atoms with E-state index >= 15 is 0 Å². The predicted octanol–water partition coefficient (Wildman–Crippen LogP) is 4.12. The monoisotopic (exact) mass is 382 g/mol. The third kappa shape index (κ3) is 5.01. The Morgan fingerprint density at radius 3 is 2.72 bits per heavy atom. The number of nitrogens with zero attached hydrogens (tertiary/aromatic N) is 1. The summed E-state index contributed by atoms with van der Waals surface area (Å²) in [6.07, 6.45) is -1.16. The van der Waals surface area contributed by atoms with Crippen LogP contribution < -0.4 is 5.32 Å². The molecule has 130 valence electrons. The Kier molecular flexibility index (Phi) is 6.50. The fourth-order valence-electron chi connectivity index (χ4n) is 1.82. The van der Waals surface area contributed by atoms with Gasteiger partial charge in [-0.25, -0.2) is 4.79 Å². The molecule has 0 bridgehead atoms. The van der Waals surface area contributed by atoms with Gasteiger partial charge < -0.3 is 10.1 Å². The second-order valence-corrected chi connectivity index (χ2v) is 6.63. The van der Waals surface area contributed by atoms with E-state index in [2.05, 4.69) is 5.32 Å². The molecule has 2 aromatic rings. The van der Waals surface area contributed by atoms with Gasteiger partial charge in [0, 0.05) is 4.90 Å². The number of carbonyl (C=O) groups excluding carboxylic acids is 2. The van der Waals surface area contributed by atoms with Crippen molar-refractivity contribution in [1.82, 2.24) is 0 Å². The molecule has 1 N–H and O–H groups in total. The van der Waals surface area contributed by atoms with Crippen molar-refractivity contribution < 1.29 is 23.1 Å². The predicted molar refractivity (Wildman–Crippen MR) is 90.8 cm³/mol. The Bertz CT molecular complexity index is 818. The van der Waals surface area contributed by atoms with Crippen molar-refractivity contribution >= 4 is 40.0 Å². The average molecular weight is 382 g/mol. The highest BCUT2D eigenvalue weighted by Gasteiger charge is 2.23. The van der Waals surface area contributed by atoms with Crippen molar-refractivity contribution in [1.29, 1.82) is 5.26 Å². The van der Waals surface area contributed by atoms with Gasteiger partial charge in [-0.2, -0.15) is 14.0 Å². The number of carbonyl (C=O) groups is 2. The van der Waals surface area contributed by atoms with Crippen LogP contribution in [-0.4, -0.2) is 23.7 Å². The van der Waals surface area contributed by atoms with E-state index in [4.69, 9.17) is 10.00 Å². The average Bonchev–Trinajstić information content (AvgIpc) is 3.01. The summed E-state index contributed by atoms with van der Waals surface area (Å²) in [5.41, 5.74) is 0.261. The number of anilines is 1. The van der Waals surface area contributed by atoms with E-state index < -0.39 is 23.7 Å². The lowest BCUT2D eigenvalue weighted by Gasteiger charge is -2.14. The minimum absolute atomic E-state index is 0.0405. The van der Waals surface area contributed by atoms with E-state index in [1.807, 2.05) is 6.07 Å². The zero-order valence-corrected chi connectivity index (χ0v) is 14.5. The summed E-state index contributed by atoms with van der Waals surface area (Å²) in [5.74, 6) is -4.18. The summed E-state index contributed by atoms with van der Waals surface area (Å²) >= 11 is 1.39. The van der Waals surface area contributed by atoms with Crippen molar-refractivity contribution in [2.45, 2.75) is 23.7 Å². The first-order valence-electron chi connectivity index (χ1n) is 6.95. The number of hydrogen-bond donors (Lipinski definition) is 1. The van der Waals surface area contributed by atoms with Gasteiger partial charge in [0.15, 0.2) is 6.10 Å². The standard InChI is InChI=1S/C16H12F2N2O3S2/c1-9(13(21)20-14-10(8-19)6-7-24-14)23-15(22)11-4-2-3-5-12(11)25-16(17)18/h2-7,9,16H,1H3,(H,20,21)/t9-/m0/s1. The second-order valence-electron chi connectivity index (χ2n) is 4.69. The Morgan fingerprint density at radius 1 is 1.32 bits per heavy atom. The molecule has 2 rings (SSSR count). The zero-order valence-electron chi connectivity index (χ0n) is 12.9. The summed E-state index contributed by atoms with van der Waals surface area (Å²) in [6.45, 7) is 1.36. The van der Waals surface area contributed by atoms with Crippen LogP contribution in [0.25, 0.3) is 0 Å². The van der Waals surface area contributed by atoms with Gasteiger partial charge in [-0.15, -0.1) is 11.3 Å². The summed E-state index contributed by atoms with van der Waals surface area (Å²) in [7, 11) is 0. The third-order valence-electron chi connectivity index (χ3n) is 3.00. The van der Waals surface area contributed by atoms with Gasteiger partial charge in [-0.05, 0) is 30.5 Å². The number of ether oxygens (including phenoxy) is 1. The fraction of sp³-hybridized carbons (Fsp3) is 0.188. The maximum Gasteiger partial charge on any atom is 0.340 e. The quantitative estimate of drug-likeness (QED) is 0.601. The van der Waals surface area contributed by atoms with Crippen molar-refractivity contribution in [2.75, 3.05) is 5.32 Å². The maximum absolute atomic E-state index is 12.6. The molecule has 1 aromatic heterocycles. The van der Waals surface area contributed by atoms with Gasteiger partial charge in [0.25, 0.3) is 11.7 Å². The van der Waals surface area contributed by atoms with E-state index in [0.717, 1.165) is 11.3 Å². The molecular formula is C16H12F2N2O3S2. The Labute approximate surface area is 150 Å². The highest BCUT2D eigenvalue weighted by atomic mass is 32.2. The molecule has 0 unspecified atom stereocenters. The van der Waals surface area contributed by atoms with Crippen molar-refractivity contribution in [3.63, 3.8) is 0 Å². The number of benzene rings is 1. The van der Waals surface area contributed by atoms with Gasteiger partial charge in [-0.3, -0.25) is 4.79 Å². The number of alkyl halides is 2. The number of halogens is 2. The van der Waals surface area contributed by atoms with Crippen LogP contribution in [0.2, 0.25) is 0 Å². The lowest BCUT2D eigenvalue weighted by Crippen LogP contribution is -2.30. The molecule has 0 aliphatic rings. The molecule has 1 heterocycles. The largest absolute Gasteiger partial charge is 0.449 e. The smallest absolute Gasteiger partial charge is 0.340 e. The Hall–Kier alpha value is -2.44. The van der Waals surface area contributed by atoms with Crippen LogP contribution >= 0.6 is 23.1 Å². The number of nitrogens with one attached hydrogen (secondary N) is 1. The van der Waals surface area contributed by atoms with Crippen LogP contribution in [0.15, 0.2) is 40.6 Å². The molecule has 1 amide bonds. The van der Waals surface area contributed by atoms with Crippen LogP contribution in [0.3, 0.4) is 0 Å². The molecule has 0 saturated carbocycles. The Morgan fingerprint density at radius 2 is 2.04 bits per heavy atom. The van der Waals surface area contributed by atoms with E-state index in [1.54, 1.807) is 11.4 Å². The zero-order chi connectivity index (χ0) is 18.4. The fourth-order valence-corrected chi connectivity index (χ4v) is 3.19. The molecule has 0 aliphatic heterocycles. The number of amides is 1. The van der Waals surface area contributed by atoms with Gasteiger partial charge in [-0.1, -0.05) is 23.9 Å². The molecule has 0 fully saturated rings. The van der Waals surface area contributed by atoms with Gasteiger partial charge >= 0.3 is 5.97 Å². The SMILES string of the molecule is C[C@H](OC(=O)c1ccccc1SC(F)F)C(=O)Nc1sccc1C#N. The second kappa shape index (κ2) is 8.60. The third-order valence-corrected chi connectivity index (χ3v) is 4.62. The van der Waals surface area contributed by atoms with Crippen LogP contribution in [0, 0.1) is 11.3 Å². The Balaban J connectivity index is 2.05. The molecule has 0 saturated heterocycles. The molecule has 5 nitrogen and oxygen atoms in total. The van der Waals surface area contributed by atoms with E-state index in [-0.39, 0.29) is 22.2 Å². The lowest BCUT2D eigenvalue weighted by atomic mass is 10.2. The molecule has 0 radical (unpaired) electrons. The first-order valence-corrected chi connectivity index (χ1v) is 8.71. The van der Waals surface area contributed by atoms with Crippen LogP contribution in [0.5, 0.6) is 0 Å². The van der Waals surface area contributed by atoms with Gasteiger partial charge in [0.1, 0.15) is 11.1 Å². The van der Waals surface area contributed by atoms with Crippen LogP contribution in [-0.2, 0) is 9.53 Å².